The third-order valence-corrected chi connectivity index (χ3v) is 5.30. The third-order valence-electron chi connectivity index (χ3n) is 5.30. The fraction of sp³-hybridized carbons (Fsp3) is 0.182. The first-order valence-electron chi connectivity index (χ1n) is 9.46. The zero-order chi connectivity index (χ0) is 22.0. The zero-order valence-corrected chi connectivity index (χ0v) is 16.5. The van der Waals surface area contributed by atoms with Gasteiger partial charge in [0.2, 0.25) is 0 Å². The first-order valence-corrected chi connectivity index (χ1v) is 9.46. The highest BCUT2D eigenvalue weighted by atomic mass is 19.1. The minimum atomic E-state index is -1.81. The van der Waals surface area contributed by atoms with Crippen LogP contribution in [0.3, 0.4) is 0 Å². The van der Waals surface area contributed by atoms with Crippen LogP contribution in [0.2, 0.25) is 0 Å². The Hall–Kier alpha value is -3.90. The molecule has 7 nitrogen and oxygen atoms in total. The van der Waals surface area contributed by atoms with Crippen LogP contribution in [0.15, 0.2) is 67.5 Å². The molecule has 0 aliphatic heterocycles. The third kappa shape index (κ3) is 3.93. The van der Waals surface area contributed by atoms with Gasteiger partial charge in [0.25, 0.3) is 0 Å². The molecular weight excluding hydrogens is 402 g/mol. The van der Waals surface area contributed by atoms with Gasteiger partial charge in [-0.2, -0.15) is 15.5 Å². The summed E-state index contributed by atoms with van der Waals surface area (Å²) in [5.41, 5.74) is 0.259. The molecule has 2 unspecified atom stereocenters. The number of hydrogen-bond acceptors (Lipinski definition) is 5. The van der Waals surface area contributed by atoms with Gasteiger partial charge in [0.05, 0.1) is 30.4 Å². The molecule has 2 heterocycles. The van der Waals surface area contributed by atoms with E-state index in [1.54, 1.807) is 43.6 Å². The van der Waals surface area contributed by atoms with Crippen molar-refractivity contribution in [3.05, 3.63) is 90.3 Å². The van der Waals surface area contributed by atoms with Crippen molar-refractivity contribution in [1.82, 2.24) is 24.5 Å². The molecule has 156 valence electrons. The Balaban J connectivity index is 1.73. The minimum Gasteiger partial charge on any atom is -0.381 e. The van der Waals surface area contributed by atoms with E-state index in [1.165, 1.54) is 28.1 Å². The van der Waals surface area contributed by atoms with Crippen molar-refractivity contribution in [2.45, 2.75) is 25.1 Å². The van der Waals surface area contributed by atoms with Gasteiger partial charge in [-0.3, -0.25) is 4.68 Å². The molecule has 0 radical (unpaired) electrons. The number of aromatic nitrogens is 5. The Morgan fingerprint density at radius 2 is 1.90 bits per heavy atom. The van der Waals surface area contributed by atoms with Gasteiger partial charge >= 0.3 is 0 Å². The Morgan fingerprint density at radius 3 is 2.55 bits per heavy atom. The molecule has 2 aromatic heterocycles. The topological polar surface area (TPSA) is 92.6 Å². The molecule has 31 heavy (non-hydrogen) atoms. The average molecular weight is 420 g/mol. The summed E-state index contributed by atoms with van der Waals surface area (Å²) in [4.78, 5) is 3.87. The smallest absolute Gasteiger partial charge is 0.137 e. The maximum absolute atomic E-state index is 14.7. The predicted molar refractivity (Wildman–Crippen MR) is 107 cm³/mol. The Morgan fingerprint density at radius 1 is 1.13 bits per heavy atom. The number of aliphatic hydroxyl groups is 1. The van der Waals surface area contributed by atoms with Crippen molar-refractivity contribution < 1.29 is 13.9 Å². The van der Waals surface area contributed by atoms with E-state index in [1.807, 2.05) is 0 Å². The molecule has 0 aliphatic rings. The SMILES string of the molecule is CC(n1cc(-c2ccc(C#N)cc2)cn1)C(O)(Cn1cncn1)c1ccc(F)cc1F. The predicted octanol–water partition coefficient (Wildman–Crippen LogP) is 3.44. The lowest BCUT2D eigenvalue weighted by atomic mass is 9.86. The quantitative estimate of drug-likeness (QED) is 0.516. The first-order chi connectivity index (χ1) is 14.9. The van der Waals surface area contributed by atoms with E-state index in [0.29, 0.717) is 5.56 Å². The molecule has 0 saturated heterocycles. The second-order valence-electron chi connectivity index (χ2n) is 7.22. The van der Waals surface area contributed by atoms with E-state index in [4.69, 9.17) is 5.26 Å². The number of nitrogens with zero attached hydrogens (tertiary/aromatic N) is 6. The Bertz CT molecular complexity index is 1230. The van der Waals surface area contributed by atoms with Gasteiger partial charge in [0.15, 0.2) is 0 Å². The molecule has 9 heteroatoms. The van der Waals surface area contributed by atoms with Crippen LogP contribution < -0.4 is 0 Å². The van der Waals surface area contributed by atoms with Gasteiger partial charge in [-0.25, -0.2) is 18.4 Å². The summed E-state index contributed by atoms with van der Waals surface area (Å²) in [6.45, 7) is 1.57. The van der Waals surface area contributed by atoms with E-state index in [-0.39, 0.29) is 12.1 Å². The van der Waals surface area contributed by atoms with E-state index in [2.05, 4.69) is 21.3 Å². The van der Waals surface area contributed by atoms with Crippen molar-refractivity contribution in [3.8, 4) is 17.2 Å². The number of benzene rings is 2. The largest absolute Gasteiger partial charge is 0.381 e. The van der Waals surface area contributed by atoms with Gasteiger partial charge in [0, 0.05) is 23.4 Å². The van der Waals surface area contributed by atoms with Crippen LogP contribution in [-0.2, 0) is 12.1 Å². The molecule has 1 N–H and O–H groups in total. The normalized spacial score (nSPS) is 14.0. The highest BCUT2D eigenvalue weighted by Crippen LogP contribution is 2.37. The van der Waals surface area contributed by atoms with Crippen LogP contribution >= 0.6 is 0 Å². The number of halogens is 2. The van der Waals surface area contributed by atoms with Gasteiger partial charge in [-0.1, -0.05) is 18.2 Å². The van der Waals surface area contributed by atoms with Crippen LogP contribution in [0.4, 0.5) is 8.78 Å². The van der Waals surface area contributed by atoms with Crippen molar-refractivity contribution in [1.29, 1.82) is 5.26 Å². The molecule has 0 aliphatic carbocycles. The Kier molecular flexibility index (Phi) is 5.31. The molecule has 0 fully saturated rings. The maximum atomic E-state index is 14.7. The van der Waals surface area contributed by atoms with Crippen LogP contribution in [0.25, 0.3) is 11.1 Å². The fourth-order valence-electron chi connectivity index (χ4n) is 3.50. The summed E-state index contributed by atoms with van der Waals surface area (Å²) in [6, 6.07) is 11.4. The van der Waals surface area contributed by atoms with Crippen LogP contribution in [-0.4, -0.2) is 29.7 Å². The molecule has 0 bridgehead atoms. The zero-order valence-electron chi connectivity index (χ0n) is 16.5. The van der Waals surface area contributed by atoms with Crippen molar-refractivity contribution in [2.24, 2.45) is 0 Å². The molecule has 2 atom stereocenters. The summed E-state index contributed by atoms with van der Waals surface area (Å²) in [5.74, 6) is -1.60. The highest BCUT2D eigenvalue weighted by molar-refractivity contribution is 5.62. The standard InChI is InChI=1S/C22H18F2N6O/c1-15(30-11-18(10-27-30)17-4-2-16(9-25)3-5-17)22(31,12-29-14-26-13-28-29)20-7-6-19(23)8-21(20)24/h2-8,10-11,13-15,31H,12H2,1H3. The van der Waals surface area contributed by atoms with Gasteiger partial charge in [-0.05, 0) is 30.7 Å². The lowest BCUT2D eigenvalue weighted by Gasteiger charge is -2.34. The van der Waals surface area contributed by atoms with E-state index < -0.39 is 23.3 Å². The first kappa shape index (κ1) is 20.4. The van der Waals surface area contributed by atoms with Crippen LogP contribution in [0.1, 0.15) is 24.1 Å². The van der Waals surface area contributed by atoms with Crippen molar-refractivity contribution in [3.63, 3.8) is 0 Å². The summed E-state index contributed by atoms with van der Waals surface area (Å²) >= 11 is 0. The van der Waals surface area contributed by atoms with Crippen LogP contribution in [0.5, 0.6) is 0 Å². The van der Waals surface area contributed by atoms with Crippen LogP contribution in [0, 0.1) is 23.0 Å². The van der Waals surface area contributed by atoms with E-state index in [0.717, 1.165) is 23.3 Å². The number of rotatable bonds is 6. The molecule has 4 aromatic rings. The van der Waals surface area contributed by atoms with Crippen molar-refractivity contribution in [2.75, 3.05) is 0 Å². The lowest BCUT2D eigenvalue weighted by Crippen LogP contribution is -2.40. The number of hydrogen-bond donors (Lipinski definition) is 1. The summed E-state index contributed by atoms with van der Waals surface area (Å²) in [6.07, 6.45) is 6.06. The van der Waals surface area contributed by atoms with Gasteiger partial charge < -0.3 is 5.11 Å². The average Bonchev–Trinajstić information content (AvgIpc) is 3.45. The fourth-order valence-corrected chi connectivity index (χ4v) is 3.50. The Labute approximate surface area is 176 Å². The molecular formula is C22H18F2N6O. The molecule has 4 rings (SSSR count). The summed E-state index contributed by atoms with van der Waals surface area (Å²) in [5, 5.41) is 29.0. The maximum Gasteiger partial charge on any atom is 0.137 e. The summed E-state index contributed by atoms with van der Waals surface area (Å²) in [7, 11) is 0. The lowest BCUT2D eigenvalue weighted by molar-refractivity contribution is -0.0368. The molecule has 0 spiro atoms. The van der Waals surface area contributed by atoms with Crippen molar-refractivity contribution >= 4 is 0 Å². The monoisotopic (exact) mass is 420 g/mol. The highest BCUT2D eigenvalue weighted by Gasteiger charge is 2.40. The van der Waals surface area contributed by atoms with E-state index in [9.17, 15) is 13.9 Å². The minimum absolute atomic E-state index is 0.0766. The number of nitriles is 1. The summed E-state index contributed by atoms with van der Waals surface area (Å²) < 4.78 is 31.1. The molecule has 0 saturated carbocycles. The second kappa shape index (κ2) is 8.08. The van der Waals surface area contributed by atoms with E-state index >= 15 is 0 Å². The molecule has 0 amide bonds. The molecule has 2 aromatic carbocycles. The second-order valence-corrected chi connectivity index (χ2v) is 7.22. The van der Waals surface area contributed by atoms with Gasteiger partial charge in [0.1, 0.15) is 29.9 Å². The van der Waals surface area contributed by atoms with Gasteiger partial charge in [-0.15, -0.1) is 0 Å².